The van der Waals surface area contributed by atoms with Gasteiger partial charge in [-0.15, -0.1) is 0 Å². The number of carbonyl (C=O) groups excluding carboxylic acids is 2. The lowest BCUT2D eigenvalue weighted by Gasteiger charge is -2.34. The second-order valence-electron chi connectivity index (χ2n) is 9.61. The first-order chi connectivity index (χ1) is 19.3. The van der Waals surface area contributed by atoms with Gasteiger partial charge < -0.3 is 10.2 Å². The van der Waals surface area contributed by atoms with Gasteiger partial charge in [-0.1, -0.05) is 66.5 Å². The highest BCUT2D eigenvalue weighted by Crippen LogP contribution is 2.28. The summed E-state index contributed by atoms with van der Waals surface area (Å²) < 4.78 is 53.8. The van der Waals surface area contributed by atoms with Crippen molar-refractivity contribution in [2.45, 2.75) is 45.3 Å². The van der Waals surface area contributed by atoms with Crippen molar-refractivity contribution in [3.8, 4) is 0 Å². The van der Waals surface area contributed by atoms with Crippen LogP contribution in [0.2, 0.25) is 10.0 Å². The molecule has 1 N–H and O–H groups in total. The summed E-state index contributed by atoms with van der Waals surface area (Å²) in [7, 11) is -4.15. The Morgan fingerprint density at radius 1 is 0.951 bits per heavy atom. The average Bonchev–Trinajstić information content (AvgIpc) is 2.92. The molecule has 220 valence electrons. The summed E-state index contributed by atoms with van der Waals surface area (Å²) >= 11 is 12.9. The molecule has 2 amide bonds. The van der Waals surface area contributed by atoms with E-state index in [-0.39, 0.29) is 34.7 Å². The standard InChI is InChI=1S/C29H31Cl2F2N3O4S/c1-4-19(2)34-29(38)27(15-20-9-6-5-7-10-20)35(17-22-23(30)11-8-12-24(22)31)28(37)18-36(41(3,39)40)21-13-14-25(32)26(33)16-21/h5-14,16,19,27H,4,15,17-18H2,1-3H3,(H,34,38)/t19-,27+/m1/s1. The van der Waals surface area contributed by atoms with Crippen LogP contribution in [-0.4, -0.2) is 50.0 Å². The third-order valence-corrected chi connectivity index (χ3v) is 8.38. The second kappa shape index (κ2) is 14.1. The van der Waals surface area contributed by atoms with Gasteiger partial charge in [0.05, 0.1) is 11.9 Å². The third kappa shape index (κ3) is 8.64. The van der Waals surface area contributed by atoms with Crippen LogP contribution in [0.25, 0.3) is 0 Å². The molecule has 0 saturated carbocycles. The number of sulfonamides is 1. The Morgan fingerprint density at radius 2 is 1.59 bits per heavy atom. The Balaban J connectivity index is 2.12. The van der Waals surface area contributed by atoms with Crippen molar-refractivity contribution in [2.24, 2.45) is 0 Å². The first-order valence-corrected chi connectivity index (χ1v) is 15.4. The summed E-state index contributed by atoms with van der Waals surface area (Å²) in [5.74, 6) is -3.69. The summed E-state index contributed by atoms with van der Waals surface area (Å²) in [6.45, 7) is 2.70. The lowest BCUT2D eigenvalue weighted by atomic mass is 10.0. The predicted octanol–water partition coefficient (Wildman–Crippen LogP) is 5.59. The second-order valence-corrected chi connectivity index (χ2v) is 12.3. The van der Waals surface area contributed by atoms with Crippen LogP contribution in [-0.2, 0) is 32.6 Å². The van der Waals surface area contributed by atoms with Crippen LogP contribution in [0, 0.1) is 11.6 Å². The topological polar surface area (TPSA) is 86.8 Å². The van der Waals surface area contributed by atoms with Crippen molar-refractivity contribution in [3.63, 3.8) is 0 Å². The maximum absolute atomic E-state index is 14.1. The van der Waals surface area contributed by atoms with Gasteiger partial charge in [0, 0.05) is 40.7 Å². The van der Waals surface area contributed by atoms with Gasteiger partial charge >= 0.3 is 0 Å². The minimum atomic E-state index is -4.15. The number of rotatable bonds is 12. The van der Waals surface area contributed by atoms with Gasteiger partial charge in [0.25, 0.3) is 0 Å². The fraction of sp³-hybridized carbons (Fsp3) is 0.310. The van der Waals surface area contributed by atoms with Crippen molar-refractivity contribution in [1.82, 2.24) is 10.2 Å². The highest BCUT2D eigenvalue weighted by molar-refractivity contribution is 7.92. The molecule has 0 bridgehead atoms. The molecule has 0 aliphatic carbocycles. The zero-order valence-electron chi connectivity index (χ0n) is 22.8. The highest BCUT2D eigenvalue weighted by atomic mass is 35.5. The van der Waals surface area contributed by atoms with E-state index in [1.54, 1.807) is 42.5 Å². The number of hydrogen-bond acceptors (Lipinski definition) is 4. The summed E-state index contributed by atoms with van der Waals surface area (Å²) in [5.41, 5.74) is 0.858. The Labute approximate surface area is 249 Å². The van der Waals surface area contributed by atoms with E-state index in [0.717, 1.165) is 24.0 Å². The molecule has 3 rings (SSSR count). The molecule has 0 aliphatic rings. The molecule has 12 heteroatoms. The van der Waals surface area contributed by atoms with Gasteiger partial charge in [-0.3, -0.25) is 13.9 Å². The van der Waals surface area contributed by atoms with Crippen molar-refractivity contribution in [2.75, 3.05) is 17.1 Å². The van der Waals surface area contributed by atoms with Crippen LogP contribution >= 0.6 is 23.2 Å². The number of amides is 2. The van der Waals surface area contributed by atoms with Gasteiger partial charge in [0.2, 0.25) is 21.8 Å². The van der Waals surface area contributed by atoms with Crippen LogP contribution in [0.5, 0.6) is 0 Å². The van der Waals surface area contributed by atoms with Gasteiger partial charge in [-0.05, 0) is 43.2 Å². The van der Waals surface area contributed by atoms with Crippen molar-refractivity contribution < 1.29 is 26.8 Å². The molecule has 3 aromatic carbocycles. The Bertz CT molecular complexity index is 1470. The van der Waals surface area contributed by atoms with Gasteiger partial charge in [0.15, 0.2) is 11.6 Å². The quantitative estimate of drug-likeness (QED) is 0.284. The molecule has 0 aliphatic heterocycles. The number of anilines is 1. The molecule has 0 spiro atoms. The fourth-order valence-electron chi connectivity index (χ4n) is 4.10. The van der Waals surface area contributed by atoms with Gasteiger partial charge in [-0.2, -0.15) is 0 Å². The van der Waals surface area contributed by atoms with E-state index in [4.69, 9.17) is 23.2 Å². The maximum atomic E-state index is 14.1. The van der Waals surface area contributed by atoms with Gasteiger partial charge in [0.1, 0.15) is 12.6 Å². The smallest absolute Gasteiger partial charge is 0.244 e. The van der Waals surface area contributed by atoms with Crippen LogP contribution in [0.1, 0.15) is 31.4 Å². The van der Waals surface area contributed by atoms with E-state index in [9.17, 15) is 26.8 Å². The molecule has 0 saturated heterocycles. The zero-order valence-corrected chi connectivity index (χ0v) is 25.1. The average molecular weight is 627 g/mol. The summed E-state index contributed by atoms with van der Waals surface area (Å²) in [6, 6.07) is 15.0. The van der Waals surface area contributed by atoms with Crippen LogP contribution < -0.4 is 9.62 Å². The van der Waals surface area contributed by atoms with Crippen molar-refractivity contribution >= 4 is 50.7 Å². The number of nitrogens with zero attached hydrogens (tertiary/aromatic N) is 2. The molecular formula is C29H31Cl2F2N3O4S. The Morgan fingerprint density at radius 3 is 2.15 bits per heavy atom. The number of hydrogen-bond donors (Lipinski definition) is 1. The van der Waals surface area contributed by atoms with Crippen molar-refractivity contribution in [1.29, 1.82) is 0 Å². The van der Waals surface area contributed by atoms with E-state index in [1.807, 2.05) is 19.9 Å². The highest BCUT2D eigenvalue weighted by Gasteiger charge is 2.34. The molecule has 2 atom stereocenters. The maximum Gasteiger partial charge on any atom is 0.244 e. The van der Waals surface area contributed by atoms with Crippen LogP contribution in [0.4, 0.5) is 14.5 Å². The molecule has 0 heterocycles. The monoisotopic (exact) mass is 625 g/mol. The van der Waals surface area contributed by atoms with Gasteiger partial charge in [-0.25, -0.2) is 17.2 Å². The molecule has 0 fully saturated rings. The zero-order chi connectivity index (χ0) is 30.3. The van der Waals surface area contributed by atoms with Crippen LogP contribution in [0.15, 0.2) is 66.7 Å². The molecule has 0 radical (unpaired) electrons. The summed E-state index contributed by atoms with van der Waals surface area (Å²) in [5, 5.41) is 3.40. The number of nitrogens with one attached hydrogen (secondary N) is 1. The third-order valence-electron chi connectivity index (χ3n) is 6.53. The molecular weight excluding hydrogens is 595 g/mol. The minimum absolute atomic E-state index is 0.0982. The largest absolute Gasteiger partial charge is 0.352 e. The number of benzene rings is 3. The van der Waals surface area contributed by atoms with Crippen LogP contribution in [0.3, 0.4) is 0 Å². The molecule has 0 aromatic heterocycles. The lowest BCUT2D eigenvalue weighted by molar-refractivity contribution is -0.140. The van der Waals surface area contributed by atoms with E-state index in [2.05, 4.69) is 5.32 Å². The first-order valence-electron chi connectivity index (χ1n) is 12.8. The molecule has 41 heavy (non-hydrogen) atoms. The molecule has 3 aromatic rings. The molecule has 0 unspecified atom stereocenters. The summed E-state index contributed by atoms with van der Waals surface area (Å²) in [4.78, 5) is 28.9. The lowest BCUT2D eigenvalue weighted by Crippen LogP contribution is -2.54. The minimum Gasteiger partial charge on any atom is -0.352 e. The first kappa shape index (κ1) is 32.3. The Kier molecular flexibility index (Phi) is 11.1. The fourth-order valence-corrected chi connectivity index (χ4v) is 5.46. The number of carbonyl (C=O) groups is 2. The van der Waals surface area contributed by atoms with E-state index < -0.39 is 46.1 Å². The summed E-state index contributed by atoms with van der Waals surface area (Å²) in [6.07, 6.45) is 1.57. The van der Waals surface area contributed by atoms with E-state index >= 15 is 0 Å². The SMILES string of the molecule is CC[C@@H](C)NC(=O)[C@H](Cc1ccccc1)N(Cc1c(Cl)cccc1Cl)C(=O)CN(c1ccc(F)c(F)c1)S(C)(=O)=O. The van der Waals surface area contributed by atoms with E-state index in [1.165, 1.54) is 4.90 Å². The normalized spacial score (nSPS) is 12.9. The molecule has 7 nitrogen and oxygen atoms in total. The van der Waals surface area contributed by atoms with Crippen molar-refractivity contribution in [3.05, 3.63) is 99.5 Å². The number of halogens is 4. The Hall–Kier alpha value is -3.21. The predicted molar refractivity (Wildman–Crippen MR) is 157 cm³/mol. The van der Waals surface area contributed by atoms with E-state index in [0.29, 0.717) is 22.4 Å².